The number of hydrogen-bond donors (Lipinski definition) is 1. The van der Waals surface area contributed by atoms with Crippen molar-refractivity contribution in [3.63, 3.8) is 0 Å². The molecule has 0 radical (unpaired) electrons. The summed E-state index contributed by atoms with van der Waals surface area (Å²) in [6, 6.07) is 11.0. The molecule has 2 aromatic heterocycles. The lowest BCUT2D eigenvalue weighted by atomic mass is 9.88. The summed E-state index contributed by atoms with van der Waals surface area (Å²) in [6.45, 7) is 0.544. The van der Waals surface area contributed by atoms with Crippen molar-refractivity contribution in [2.45, 2.75) is 38.3 Å². The number of benzene rings is 1. The first-order valence-corrected chi connectivity index (χ1v) is 8.24. The Morgan fingerprint density at radius 1 is 1.29 bits per heavy atom. The van der Waals surface area contributed by atoms with Gasteiger partial charge in [-0.15, -0.1) is 0 Å². The second kappa shape index (κ2) is 6.28. The molecule has 1 atom stereocenters. The second-order valence-electron chi connectivity index (χ2n) is 6.02. The Hall–Kier alpha value is -2.94. The smallest absolute Gasteiger partial charge is 0.163 e. The molecule has 0 spiro atoms. The molecule has 0 saturated heterocycles. The Morgan fingerprint density at radius 3 is 3.12 bits per heavy atom. The third kappa shape index (κ3) is 2.58. The molecular formula is C18H18N6. The van der Waals surface area contributed by atoms with Crippen molar-refractivity contribution in [1.29, 1.82) is 5.26 Å². The average Bonchev–Trinajstić information content (AvgIpc) is 3.04. The first kappa shape index (κ1) is 14.6. The molecule has 24 heavy (non-hydrogen) atoms. The molecular weight excluding hydrogens is 300 g/mol. The van der Waals surface area contributed by atoms with Crippen LogP contribution in [0.1, 0.15) is 36.4 Å². The lowest BCUT2D eigenvalue weighted by Gasteiger charge is -2.26. The zero-order valence-corrected chi connectivity index (χ0v) is 13.3. The van der Waals surface area contributed by atoms with Gasteiger partial charge in [0.15, 0.2) is 5.65 Å². The Bertz CT molecular complexity index is 907. The van der Waals surface area contributed by atoms with Crippen molar-refractivity contribution in [2.75, 3.05) is 5.32 Å². The summed E-state index contributed by atoms with van der Waals surface area (Å²) in [5.74, 6) is 0.810. The molecule has 1 aromatic carbocycles. The highest BCUT2D eigenvalue weighted by Crippen LogP contribution is 2.33. The molecule has 3 aromatic rings. The van der Waals surface area contributed by atoms with Crippen LogP contribution in [0, 0.1) is 11.3 Å². The second-order valence-corrected chi connectivity index (χ2v) is 6.02. The Morgan fingerprint density at radius 2 is 2.21 bits per heavy atom. The van der Waals surface area contributed by atoms with Crippen molar-refractivity contribution < 1.29 is 0 Å². The van der Waals surface area contributed by atoms with Crippen LogP contribution >= 0.6 is 0 Å². The first-order chi connectivity index (χ1) is 11.9. The summed E-state index contributed by atoms with van der Waals surface area (Å²) in [5.41, 5.74) is 3.54. The van der Waals surface area contributed by atoms with Gasteiger partial charge >= 0.3 is 0 Å². The Balaban J connectivity index is 1.66. The highest BCUT2D eigenvalue weighted by molar-refractivity contribution is 5.86. The van der Waals surface area contributed by atoms with E-state index in [-0.39, 0.29) is 6.04 Å². The molecule has 0 amide bonds. The molecule has 1 unspecified atom stereocenters. The van der Waals surface area contributed by atoms with E-state index >= 15 is 0 Å². The van der Waals surface area contributed by atoms with Crippen molar-refractivity contribution in [1.82, 2.24) is 19.7 Å². The maximum atomic E-state index is 8.76. The van der Waals surface area contributed by atoms with E-state index in [1.165, 1.54) is 17.5 Å². The van der Waals surface area contributed by atoms with Crippen molar-refractivity contribution in [3.8, 4) is 6.07 Å². The Labute approximate surface area is 140 Å². The molecule has 1 aliphatic rings. The lowest BCUT2D eigenvalue weighted by Crippen LogP contribution is -2.18. The number of aromatic nitrogens is 4. The van der Waals surface area contributed by atoms with E-state index in [0.717, 1.165) is 29.7 Å². The van der Waals surface area contributed by atoms with E-state index in [0.29, 0.717) is 13.0 Å². The minimum absolute atomic E-state index is 0.260. The van der Waals surface area contributed by atoms with Gasteiger partial charge in [-0.25, -0.2) is 14.6 Å². The van der Waals surface area contributed by atoms with Crippen LogP contribution in [0.2, 0.25) is 0 Å². The Kier molecular flexibility index (Phi) is 3.83. The minimum atomic E-state index is 0.260. The third-order valence-electron chi connectivity index (χ3n) is 4.55. The molecule has 2 heterocycles. The zero-order chi connectivity index (χ0) is 16.4. The fraction of sp³-hybridized carbons (Fsp3) is 0.333. The maximum Gasteiger partial charge on any atom is 0.163 e. The van der Waals surface area contributed by atoms with Crippen molar-refractivity contribution in [3.05, 3.63) is 47.9 Å². The van der Waals surface area contributed by atoms with Crippen molar-refractivity contribution in [2.24, 2.45) is 0 Å². The quantitative estimate of drug-likeness (QED) is 0.799. The fourth-order valence-corrected chi connectivity index (χ4v) is 3.40. The van der Waals surface area contributed by atoms with Crippen LogP contribution < -0.4 is 5.32 Å². The van der Waals surface area contributed by atoms with Crippen LogP contribution in [-0.2, 0) is 13.0 Å². The highest BCUT2D eigenvalue weighted by atomic mass is 15.3. The molecule has 0 aliphatic heterocycles. The van der Waals surface area contributed by atoms with Gasteiger partial charge in [-0.2, -0.15) is 10.4 Å². The summed E-state index contributed by atoms with van der Waals surface area (Å²) in [6.07, 6.45) is 7.16. The summed E-state index contributed by atoms with van der Waals surface area (Å²) >= 11 is 0. The molecule has 6 nitrogen and oxygen atoms in total. The summed E-state index contributed by atoms with van der Waals surface area (Å²) < 4.78 is 1.76. The largest absolute Gasteiger partial charge is 0.363 e. The molecule has 0 fully saturated rings. The topological polar surface area (TPSA) is 79.4 Å². The van der Waals surface area contributed by atoms with Gasteiger partial charge in [0.2, 0.25) is 0 Å². The SMILES string of the molecule is N#CCCn1ncc2c(NC3CCCc4ccccc43)ncnc21. The zero-order valence-electron chi connectivity index (χ0n) is 13.3. The lowest BCUT2D eigenvalue weighted by molar-refractivity contribution is 0.599. The molecule has 0 bridgehead atoms. The van der Waals surface area contributed by atoms with Crippen LogP contribution in [0.5, 0.6) is 0 Å². The number of nitriles is 1. The van der Waals surface area contributed by atoms with Gasteiger partial charge in [-0.05, 0) is 30.4 Å². The predicted octanol–water partition coefficient (Wildman–Crippen LogP) is 3.23. The van der Waals surface area contributed by atoms with Gasteiger partial charge in [0.05, 0.1) is 36.7 Å². The van der Waals surface area contributed by atoms with E-state index in [1.54, 1.807) is 17.2 Å². The number of aryl methyl sites for hydroxylation is 2. The van der Waals surface area contributed by atoms with E-state index in [4.69, 9.17) is 5.26 Å². The molecule has 120 valence electrons. The molecule has 4 rings (SSSR count). The van der Waals surface area contributed by atoms with E-state index in [1.807, 2.05) is 0 Å². The summed E-state index contributed by atoms with van der Waals surface area (Å²) in [4.78, 5) is 8.76. The van der Waals surface area contributed by atoms with Crippen molar-refractivity contribution >= 4 is 16.9 Å². The van der Waals surface area contributed by atoms with Crippen LogP contribution in [0.15, 0.2) is 36.8 Å². The van der Waals surface area contributed by atoms with E-state index in [9.17, 15) is 0 Å². The van der Waals surface area contributed by atoms with Crippen LogP contribution in [-0.4, -0.2) is 19.7 Å². The summed E-state index contributed by atoms with van der Waals surface area (Å²) in [5, 5.41) is 17.6. The van der Waals surface area contributed by atoms with Crippen LogP contribution in [0.3, 0.4) is 0 Å². The third-order valence-corrected chi connectivity index (χ3v) is 4.55. The standard InChI is InChI=1S/C18H18N6/c19-9-4-10-24-18-15(11-22-24)17(20-12-21-18)23-16-8-3-6-13-5-1-2-7-14(13)16/h1-2,5,7,11-12,16H,3-4,6,8,10H2,(H,20,21,23). The predicted molar refractivity (Wildman–Crippen MR) is 91.3 cm³/mol. The molecule has 6 heteroatoms. The number of hydrogen-bond acceptors (Lipinski definition) is 5. The average molecular weight is 318 g/mol. The fourth-order valence-electron chi connectivity index (χ4n) is 3.40. The number of rotatable bonds is 4. The maximum absolute atomic E-state index is 8.76. The van der Waals surface area contributed by atoms with Gasteiger partial charge < -0.3 is 5.32 Å². The van der Waals surface area contributed by atoms with Crippen LogP contribution in [0.4, 0.5) is 5.82 Å². The van der Waals surface area contributed by atoms with Gasteiger partial charge in [-0.1, -0.05) is 24.3 Å². The molecule has 1 aliphatic carbocycles. The monoisotopic (exact) mass is 318 g/mol. The van der Waals surface area contributed by atoms with Gasteiger partial charge in [0, 0.05) is 0 Å². The number of nitrogens with zero attached hydrogens (tertiary/aromatic N) is 5. The van der Waals surface area contributed by atoms with Gasteiger partial charge in [-0.3, -0.25) is 0 Å². The number of fused-ring (bicyclic) bond motifs is 2. The first-order valence-electron chi connectivity index (χ1n) is 8.24. The van der Waals surface area contributed by atoms with E-state index < -0.39 is 0 Å². The van der Waals surface area contributed by atoms with Gasteiger partial charge in [0.1, 0.15) is 12.1 Å². The number of anilines is 1. The normalized spacial score (nSPS) is 16.5. The van der Waals surface area contributed by atoms with Gasteiger partial charge in [0.25, 0.3) is 0 Å². The number of nitrogens with one attached hydrogen (secondary N) is 1. The van der Waals surface area contributed by atoms with Crippen LogP contribution in [0.25, 0.3) is 11.0 Å². The highest BCUT2D eigenvalue weighted by Gasteiger charge is 2.21. The van der Waals surface area contributed by atoms with E-state index in [2.05, 4.69) is 50.7 Å². The molecule has 1 N–H and O–H groups in total. The molecule has 0 saturated carbocycles. The minimum Gasteiger partial charge on any atom is -0.363 e. The summed E-state index contributed by atoms with van der Waals surface area (Å²) in [7, 11) is 0.